The van der Waals surface area contributed by atoms with Gasteiger partial charge < -0.3 is 41.2 Å². The number of benzene rings is 8. The maximum Gasteiger partial charge on any atom is 0.269 e. The Morgan fingerprint density at radius 1 is 0.363 bits per heavy atom. The minimum Gasteiger partial charge on any atom is -0.358 e. The van der Waals surface area contributed by atoms with E-state index in [0.29, 0.717) is 62.2 Å². The number of imidazole rings is 4. The molecule has 0 saturated heterocycles. The van der Waals surface area contributed by atoms with Gasteiger partial charge in [0.1, 0.15) is 117 Å². The first-order valence-electron chi connectivity index (χ1n) is 43.9. The zero-order valence-corrected chi connectivity index (χ0v) is 64.8. The molecule has 0 radical (unpaired) electrons. The van der Waals surface area contributed by atoms with Crippen molar-refractivity contribution in [2.75, 3.05) is 21.3 Å². The van der Waals surface area contributed by atoms with E-state index in [4.69, 9.17) is 15.1 Å². The molecule has 0 aliphatic heterocycles. The Morgan fingerprint density at radius 3 is 1.06 bits per heavy atom. The van der Waals surface area contributed by atoms with E-state index in [1.807, 2.05) is 0 Å². The number of fused-ring (bicyclic) bond motifs is 8. The molecule has 0 spiro atoms. The van der Waals surface area contributed by atoms with Crippen molar-refractivity contribution in [3.63, 3.8) is 0 Å². The molecule has 8 N–H and O–H groups in total. The van der Waals surface area contributed by atoms with E-state index < -0.39 is 96.1 Å². The zero-order chi connectivity index (χ0) is 95.9. The fraction of sp³-hybridized carbons (Fsp3) is 0.136. The summed E-state index contributed by atoms with van der Waals surface area (Å²) in [6.45, 7) is -2.40. The Hall–Kier alpha value is -16.6. The second kappa shape index (κ2) is 35.2. The summed E-state index contributed by atoms with van der Waals surface area (Å²) in [6, 6.07) is 44.8. The molecule has 616 valence electrons. The number of hydrogen-bond donors (Lipinski definition) is 8. The number of aromatic amines is 4. The first kappa shape index (κ1) is 66.4. The highest BCUT2D eigenvalue weighted by atomic mass is 19.1. The molecular formula is C88H72F4N28O4. The molecule has 8 aromatic carbocycles. The van der Waals surface area contributed by atoms with Gasteiger partial charge in [0.05, 0.1) is 95.6 Å². The number of para-hydroxylation sites is 4. The van der Waals surface area contributed by atoms with Crippen LogP contribution in [0.15, 0.2) is 264 Å². The van der Waals surface area contributed by atoms with Gasteiger partial charge in [-0.2, -0.15) is 0 Å². The third-order valence-electron chi connectivity index (χ3n) is 19.6. The van der Waals surface area contributed by atoms with Gasteiger partial charge in [-0.15, -0.1) is 0 Å². The second-order valence-corrected chi connectivity index (χ2v) is 27.0. The summed E-state index contributed by atoms with van der Waals surface area (Å²) in [6.07, 6.45) is 4.14. The maximum absolute atomic E-state index is 14.7. The number of H-pyrrole nitrogens is 4. The van der Waals surface area contributed by atoms with Gasteiger partial charge in [0.25, 0.3) is 22.2 Å². The van der Waals surface area contributed by atoms with Crippen LogP contribution in [0.1, 0.15) is 117 Å². The molecule has 20 aromatic rings. The number of rotatable bonds is 20. The molecule has 0 aliphatic rings. The molecule has 0 unspecified atom stereocenters. The number of aromatic nitrogens is 24. The van der Waals surface area contributed by atoms with Gasteiger partial charge >= 0.3 is 0 Å². The molecule has 4 atom stereocenters. The molecule has 0 aliphatic carbocycles. The predicted octanol–water partition coefficient (Wildman–Crippen LogP) is 15.0. The Bertz CT molecular complexity index is 8160. The van der Waals surface area contributed by atoms with E-state index in [0.717, 1.165) is 10.6 Å². The largest absolute Gasteiger partial charge is 0.358 e. The highest BCUT2D eigenvalue weighted by molar-refractivity contribution is 5.87. The van der Waals surface area contributed by atoms with Crippen molar-refractivity contribution in [3.05, 3.63) is 333 Å². The number of nitrogens with zero attached hydrogens (tertiary/aromatic N) is 20. The molecule has 36 heteroatoms. The van der Waals surface area contributed by atoms with Crippen LogP contribution in [0, 0.1) is 23.3 Å². The van der Waals surface area contributed by atoms with Crippen LogP contribution >= 0.6 is 0 Å². The molecule has 0 fully saturated rings. The molecule has 12 heterocycles. The van der Waals surface area contributed by atoms with Gasteiger partial charge in [-0.1, -0.05) is 125 Å². The van der Waals surface area contributed by atoms with E-state index in [1.54, 1.807) is 128 Å². The quantitative estimate of drug-likeness (QED) is 0.0329. The van der Waals surface area contributed by atoms with Crippen molar-refractivity contribution in [2.24, 2.45) is 0 Å². The van der Waals surface area contributed by atoms with Crippen molar-refractivity contribution in [1.29, 1.82) is 0 Å². The number of nitrogens with one attached hydrogen (secondary N) is 8. The van der Waals surface area contributed by atoms with Crippen molar-refractivity contribution >= 4 is 112 Å². The molecule has 0 amide bonds. The molecule has 20 rings (SSSR count). The highest BCUT2D eigenvalue weighted by Gasteiger charge is 2.29. The first-order chi connectivity index (χ1) is 65.2. The third kappa shape index (κ3) is 15.6. The van der Waals surface area contributed by atoms with E-state index >= 15 is 0 Å². The Balaban J connectivity index is 0.000000126. The lowest BCUT2D eigenvalue weighted by atomic mass is 10.1. The summed E-state index contributed by atoms with van der Waals surface area (Å²) < 4.78 is 162. The van der Waals surface area contributed by atoms with Gasteiger partial charge in [0.2, 0.25) is 0 Å². The van der Waals surface area contributed by atoms with Crippen molar-refractivity contribution in [2.45, 2.75) is 77.3 Å². The Labute approximate surface area is 714 Å². The summed E-state index contributed by atoms with van der Waals surface area (Å²) in [5, 5.41) is 11.2. The lowest BCUT2D eigenvalue weighted by Gasteiger charge is -2.22. The van der Waals surface area contributed by atoms with E-state index in [9.17, 15) is 38.1 Å². The summed E-state index contributed by atoms with van der Waals surface area (Å²) in [4.78, 5) is 133. The average molecular weight is 1670 g/mol. The zero-order valence-electron chi connectivity index (χ0n) is 76.8. The summed E-state index contributed by atoms with van der Waals surface area (Å²) in [7, 11) is 0. The summed E-state index contributed by atoms with van der Waals surface area (Å²) in [5.74, 6) is -2.08. The number of anilines is 4. The van der Waals surface area contributed by atoms with Gasteiger partial charge in [-0.25, -0.2) is 97.3 Å². The second-order valence-electron chi connectivity index (χ2n) is 27.0. The van der Waals surface area contributed by atoms with Crippen LogP contribution in [-0.2, 0) is 0 Å². The maximum atomic E-state index is 14.7. The molecule has 0 bridgehead atoms. The standard InChI is InChI=1S/4C22H18FN7O/c4*1-2-15(28-20-18-19(25-11-24-18)26-12-27-20)21-29-16-10-6-9-14(23)17(16)22(31)30(21)13-7-4-3-5-8-13/h4*3-12,15H,2H2,1H3,(H2,24,25,26,27,28)/t4*15-/m0000/s1/i11D,15D;1D3,2D2;2D2;1D3. The average Bonchev–Trinajstić information content (AvgIpc) is 1.28. The lowest BCUT2D eigenvalue weighted by molar-refractivity contribution is 0.629. The Kier molecular flexibility index (Phi) is 18.8. The van der Waals surface area contributed by atoms with Gasteiger partial charge in [-0.05, 0) is 123 Å². The molecule has 32 nitrogen and oxygen atoms in total. The van der Waals surface area contributed by atoms with Crippen LogP contribution in [-0.4, -0.2) is 118 Å². The minimum atomic E-state index is -3.15. The minimum absolute atomic E-state index is 0.0452. The predicted molar refractivity (Wildman–Crippen MR) is 463 cm³/mol. The van der Waals surface area contributed by atoms with E-state index in [2.05, 4.69) is 121 Å². The van der Waals surface area contributed by atoms with Gasteiger partial charge in [0.15, 0.2) is 45.9 Å². The highest BCUT2D eigenvalue weighted by Crippen LogP contribution is 2.33. The van der Waals surface area contributed by atoms with Crippen molar-refractivity contribution in [1.82, 2.24) is 118 Å². The van der Waals surface area contributed by atoms with E-state index in [1.165, 1.54) is 132 Å². The molecule has 124 heavy (non-hydrogen) atoms. The normalized spacial score (nSPS) is 14.4. The summed E-state index contributed by atoms with van der Waals surface area (Å²) in [5.41, 5.74) is 2.10. The van der Waals surface area contributed by atoms with Crippen LogP contribution in [0.4, 0.5) is 40.8 Å². The molecule has 12 aromatic heterocycles. The smallest absolute Gasteiger partial charge is 0.269 e. The summed E-state index contributed by atoms with van der Waals surface area (Å²) >= 11 is 0. The molecule has 0 saturated carbocycles. The number of hydrogen-bond acceptors (Lipinski definition) is 24. The van der Waals surface area contributed by atoms with Crippen LogP contribution in [0.2, 0.25) is 0 Å². The van der Waals surface area contributed by atoms with Gasteiger partial charge in [0, 0.05) is 13.7 Å². The number of halogens is 4. The monoisotopic (exact) mass is 1670 g/mol. The van der Waals surface area contributed by atoms with Gasteiger partial charge in [-0.3, -0.25) is 37.4 Å². The fourth-order valence-electron chi connectivity index (χ4n) is 13.9. The van der Waals surface area contributed by atoms with Crippen LogP contribution in [0.5, 0.6) is 0 Å². The van der Waals surface area contributed by atoms with E-state index in [-0.39, 0.29) is 115 Å². The van der Waals surface area contributed by atoms with Crippen molar-refractivity contribution < 1.29 is 34.0 Å². The van der Waals surface area contributed by atoms with Crippen LogP contribution < -0.4 is 43.5 Å². The van der Waals surface area contributed by atoms with Crippen molar-refractivity contribution in [3.8, 4) is 22.7 Å². The first-order valence-corrected chi connectivity index (χ1v) is 37.9. The van der Waals surface area contributed by atoms with Crippen LogP contribution in [0.25, 0.3) is 111 Å². The van der Waals surface area contributed by atoms with Crippen LogP contribution in [0.3, 0.4) is 0 Å². The third-order valence-corrected chi connectivity index (χ3v) is 19.6. The fourth-order valence-corrected chi connectivity index (χ4v) is 13.9. The molecular weight excluding hydrogens is 1590 g/mol. The topological polar surface area (TPSA) is 406 Å². The lowest BCUT2D eigenvalue weighted by Crippen LogP contribution is -2.28. The SMILES string of the molecule is [2H]C([2H])(C)[C@H](Nc1ncnc2nc[nH]c12)c1nc2cccc(F)c2c(=O)n1-c1ccccc1.[2H]C([2H])([2H])C([2H])([2H])[C@H](Nc1ncnc2nc[nH]c12)c1nc2cccc(F)c2c(=O)n1-c1ccccc1.[2H]C([2H])([2H])C[C@H](Nc1ncnc2nc[nH]c12)c1nc2cccc(F)c2c(=O)n1-c1ccccc1.[2H]c1nc2c(N[C@@]([2H])(CC)c3nc4cccc(F)c4c(=O)n3-c3ccccc3)ncnc2[nH]1. The Morgan fingerprint density at radius 2 is 0.702 bits per heavy atom.